The molecule has 0 aromatic carbocycles. The van der Waals surface area contributed by atoms with Crippen molar-refractivity contribution in [2.75, 3.05) is 21.3 Å². The Morgan fingerprint density at radius 1 is 0.912 bits per heavy atom. The molecule has 0 spiro atoms. The summed E-state index contributed by atoms with van der Waals surface area (Å²) in [7, 11) is 4.92. The monoisotopic (exact) mass is 479 g/mol. The Kier molecular flexibility index (Phi) is 13.5. The van der Waals surface area contributed by atoms with E-state index in [0.717, 1.165) is 30.5 Å². The lowest BCUT2D eigenvalue weighted by Crippen LogP contribution is -2.28. The highest BCUT2D eigenvalue weighted by Gasteiger charge is 2.24. The van der Waals surface area contributed by atoms with Crippen LogP contribution in [0.5, 0.6) is 17.4 Å². The molecule has 196 valence electrons. The van der Waals surface area contributed by atoms with Crippen LogP contribution in [0.4, 0.5) is 0 Å². The minimum absolute atomic E-state index is 0.348. The Hall–Kier alpha value is -1.82. The van der Waals surface area contributed by atoms with E-state index in [4.69, 9.17) is 18.9 Å². The van der Waals surface area contributed by atoms with E-state index in [1.54, 1.807) is 7.11 Å². The van der Waals surface area contributed by atoms with Crippen molar-refractivity contribution in [1.29, 1.82) is 0 Å². The third-order valence-corrected chi connectivity index (χ3v) is 7.13. The summed E-state index contributed by atoms with van der Waals surface area (Å²) in [5.41, 5.74) is 1.72. The summed E-state index contributed by atoms with van der Waals surface area (Å²) >= 11 is 0. The quantitative estimate of drug-likeness (QED) is 0.243. The van der Waals surface area contributed by atoms with Gasteiger partial charge in [0, 0.05) is 19.6 Å². The van der Waals surface area contributed by atoms with E-state index in [-0.39, 0.29) is 0 Å². The Labute approximate surface area is 208 Å². The van der Waals surface area contributed by atoms with Crippen LogP contribution < -0.4 is 14.2 Å². The Balaban J connectivity index is 2.63. The Morgan fingerprint density at radius 2 is 1.56 bits per heavy atom. The number of nitrogens with zero attached hydrogens (tertiary/aromatic N) is 1. The molecule has 0 N–H and O–H groups in total. The van der Waals surface area contributed by atoms with Crippen LogP contribution in [0.15, 0.2) is 0 Å². The second-order valence-corrected chi connectivity index (χ2v) is 10.1. The van der Waals surface area contributed by atoms with Crippen LogP contribution in [-0.2, 0) is 16.0 Å². The molecule has 0 amide bonds. The summed E-state index contributed by atoms with van der Waals surface area (Å²) in [6.07, 6.45) is 8.22. The smallest absolute Gasteiger partial charge is 0.308 e. The van der Waals surface area contributed by atoms with Crippen LogP contribution >= 0.6 is 0 Å². The van der Waals surface area contributed by atoms with Gasteiger partial charge in [0.05, 0.1) is 26.0 Å². The number of esters is 1. The van der Waals surface area contributed by atoms with Crippen LogP contribution in [-0.4, -0.2) is 38.4 Å². The third-order valence-electron chi connectivity index (χ3n) is 7.13. The summed E-state index contributed by atoms with van der Waals surface area (Å²) in [4.78, 5) is 16.2. The first-order chi connectivity index (χ1) is 16.1. The van der Waals surface area contributed by atoms with Crippen molar-refractivity contribution >= 4 is 5.97 Å². The summed E-state index contributed by atoms with van der Waals surface area (Å²) in [5.74, 6) is 3.19. The zero-order valence-electron chi connectivity index (χ0n) is 23.3. The van der Waals surface area contributed by atoms with E-state index < -0.39 is 5.97 Å². The molecule has 1 aromatic rings. The molecule has 1 rings (SSSR count). The first-order valence-electron chi connectivity index (χ1n) is 12.9. The number of aryl methyl sites for hydroxylation is 1. The molecule has 1 aromatic heterocycles. The van der Waals surface area contributed by atoms with E-state index in [1.165, 1.54) is 39.7 Å². The van der Waals surface area contributed by atoms with Crippen molar-refractivity contribution in [1.82, 2.24) is 4.98 Å². The first-order valence-corrected chi connectivity index (χ1v) is 12.9. The van der Waals surface area contributed by atoms with Gasteiger partial charge in [-0.1, -0.05) is 60.3 Å². The predicted molar refractivity (Wildman–Crippen MR) is 138 cm³/mol. The first kappa shape index (κ1) is 30.2. The van der Waals surface area contributed by atoms with Gasteiger partial charge in [0.1, 0.15) is 0 Å². The van der Waals surface area contributed by atoms with E-state index in [2.05, 4.69) is 39.6 Å². The second-order valence-electron chi connectivity index (χ2n) is 10.1. The normalized spacial score (nSPS) is 15.8. The van der Waals surface area contributed by atoms with Crippen LogP contribution in [0.25, 0.3) is 0 Å². The number of rotatable bonds is 16. The number of carbonyl (C=O) groups excluding carboxylic acids is 1. The van der Waals surface area contributed by atoms with Crippen molar-refractivity contribution in [2.24, 2.45) is 23.7 Å². The summed E-state index contributed by atoms with van der Waals surface area (Å²) in [6, 6.07) is 0. The number of hydrogen-bond donors (Lipinski definition) is 0. The number of ether oxygens (including phenoxy) is 4. The molecule has 0 unspecified atom stereocenters. The van der Waals surface area contributed by atoms with Gasteiger partial charge in [0.25, 0.3) is 5.88 Å². The molecular weight excluding hydrogens is 430 g/mol. The van der Waals surface area contributed by atoms with Crippen LogP contribution in [0.2, 0.25) is 0 Å². The van der Waals surface area contributed by atoms with E-state index >= 15 is 0 Å². The minimum Gasteiger partial charge on any atom is -0.489 e. The zero-order valence-corrected chi connectivity index (χ0v) is 23.3. The Bertz CT molecular complexity index is 751. The minimum atomic E-state index is -0.390. The molecular formula is C28H49NO5. The van der Waals surface area contributed by atoms with Crippen molar-refractivity contribution in [3.63, 3.8) is 0 Å². The van der Waals surface area contributed by atoms with Gasteiger partial charge in [0.15, 0.2) is 5.75 Å². The molecule has 6 nitrogen and oxygen atoms in total. The van der Waals surface area contributed by atoms with Gasteiger partial charge >= 0.3 is 5.97 Å². The predicted octanol–water partition coefficient (Wildman–Crippen LogP) is 6.79. The largest absolute Gasteiger partial charge is 0.489 e. The number of carbonyl (C=O) groups is 1. The van der Waals surface area contributed by atoms with Crippen LogP contribution in [0.1, 0.15) is 91.3 Å². The van der Waals surface area contributed by atoms with Crippen molar-refractivity contribution in [3.8, 4) is 17.4 Å². The summed E-state index contributed by atoms with van der Waals surface area (Å²) in [6.45, 7) is 14.9. The maximum absolute atomic E-state index is 11.6. The number of aromatic nitrogens is 1. The Morgan fingerprint density at radius 3 is 2.09 bits per heavy atom. The third kappa shape index (κ3) is 9.09. The fourth-order valence-electron chi connectivity index (χ4n) is 4.97. The molecule has 0 aliphatic rings. The van der Waals surface area contributed by atoms with Crippen molar-refractivity contribution in [3.05, 3.63) is 11.3 Å². The standard InChI is InChI=1S/C28H49NO5/c1-11-20(4)25(31-8)21(5)17-19(3)14-12-13-18(2)15-16-24-22(6)26(34-23(7)30)27(32-9)28(29-24)33-10/h18-21,25H,11-17H2,1-10H3/t18-,19-,20+,21-,25+/m1/s1. The topological polar surface area (TPSA) is 66.9 Å². The van der Waals surface area contributed by atoms with Gasteiger partial charge in [-0.25, -0.2) is 4.98 Å². The van der Waals surface area contributed by atoms with Crippen LogP contribution in [0.3, 0.4) is 0 Å². The molecule has 1 heterocycles. The lowest BCUT2D eigenvalue weighted by atomic mass is 9.83. The highest BCUT2D eigenvalue weighted by molar-refractivity contribution is 5.72. The lowest BCUT2D eigenvalue weighted by Gasteiger charge is -2.29. The van der Waals surface area contributed by atoms with E-state index in [9.17, 15) is 4.79 Å². The van der Waals surface area contributed by atoms with Gasteiger partial charge in [-0.05, 0) is 49.9 Å². The van der Waals surface area contributed by atoms with Gasteiger partial charge < -0.3 is 18.9 Å². The fourth-order valence-corrected chi connectivity index (χ4v) is 4.97. The SMILES string of the molecule is CC[C@H](C)[C@H](OC)[C@H](C)C[C@H](C)CCC[C@@H](C)CCc1nc(OC)c(OC)c(OC(C)=O)c1C. The maximum atomic E-state index is 11.6. The second kappa shape index (κ2) is 15.2. The molecule has 6 heteroatoms. The van der Waals surface area contributed by atoms with E-state index in [1.807, 2.05) is 14.0 Å². The van der Waals surface area contributed by atoms with Gasteiger partial charge in [-0.2, -0.15) is 0 Å². The summed E-state index contributed by atoms with van der Waals surface area (Å²) in [5, 5.41) is 0. The fraction of sp³-hybridized carbons (Fsp3) is 0.786. The summed E-state index contributed by atoms with van der Waals surface area (Å²) < 4.78 is 22.0. The van der Waals surface area contributed by atoms with Gasteiger partial charge in [-0.3, -0.25) is 4.79 Å². The number of methoxy groups -OCH3 is 3. The van der Waals surface area contributed by atoms with Gasteiger partial charge in [0.2, 0.25) is 5.75 Å². The zero-order chi connectivity index (χ0) is 25.8. The van der Waals surface area contributed by atoms with E-state index in [0.29, 0.717) is 47.2 Å². The van der Waals surface area contributed by atoms with Crippen LogP contribution in [0, 0.1) is 30.6 Å². The highest BCUT2D eigenvalue weighted by Crippen LogP contribution is 2.40. The average molecular weight is 480 g/mol. The molecule has 0 saturated heterocycles. The molecule has 0 aliphatic carbocycles. The average Bonchev–Trinajstić information content (AvgIpc) is 2.79. The highest BCUT2D eigenvalue weighted by atomic mass is 16.6. The molecule has 34 heavy (non-hydrogen) atoms. The maximum Gasteiger partial charge on any atom is 0.308 e. The number of pyridine rings is 1. The molecule has 0 bridgehead atoms. The van der Waals surface area contributed by atoms with Crippen molar-refractivity contribution in [2.45, 2.75) is 99.5 Å². The molecule has 0 saturated carbocycles. The molecule has 5 atom stereocenters. The number of hydrogen-bond acceptors (Lipinski definition) is 6. The molecule has 0 fully saturated rings. The van der Waals surface area contributed by atoms with Crippen molar-refractivity contribution < 1.29 is 23.7 Å². The lowest BCUT2D eigenvalue weighted by molar-refractivity contribution is -0.132. The van der Waals surface area contributed by atoms with Gasteiger partial charge in [-0.15, -0.1) is 0 Å². The molecule has 0 radical (unpaired) electrons. The molecule has 0 aliphatic heterocycles.